The number of carbonyl (C=O) groups is 1. The van der Waals surface area contributed by atoms with Crippen molar-refractivity contribution in [1.82, 2.24) is 19.7 Å². The van der Waals surface area contributed by atoms with Gasteiger partial charge in [0, 0.05) is 30.9 Å². The number of ether oxygens (including phenoxy) is 1. The first-order chi connectivity index (χ1) is 19.3. The fraction of sp³-hybridized carbons (Fsp3) is 0.160. The van der Waals surface area contributed by atoms with Crippen molar-refractivity contribution in [3.05, 3.63) is 105 Å². The monoisotopic (exact) mass is 599 g/mol. The summed E-state index contributed by atoms with van der Waals surface area (Å²) in [6, 6.07) is 8.90. The molecule has 0 bridgehead atoms. The lowest BCUT2D eigenvalue weighted by atomic mass is 10.1. The van der Waals surface area contributed by atoms with Crippen LogP contribution in [0.2, 0.25) is 5.02 Å². The predicted octanol–water partition coefficient (Wildman–Crippen LogP) is 5.22. The molecule has 4 aromatic rings. The summed E-state index contributed by atoms with van der Waals surface area (Å²) in [5.74, 6) is -2.98. The third-order valence-corrected chi connectivity index (χ3v) is 5.57. The number of hydrogen-bond acceptors (Lipinski definition) is 8. The first kappa shape index (κ1) is 29.3. The van der Waals surface area contributed by atoms with Crippen LogP contribution in [0.25, 0.3) is 0 Å². The second kappa shape index (κ2) is 11.8. The summed E-state index contributed by atoms with van der Waals surface area (Å²) < 4.78 is 83.7. The van der Waals surface area contributed by atoms with Gasteiger partial charge in [0.2, 0.25) is 5.95 Å². The van der Waals surface area contributed by atoms with E-state index < -0.39 is 40.4 Å². The van der Waals surface area contributed by atoms with Crippen molar-refractivity contribution >= 4 is 23.5 Å². The molecule has 0 amide bonds. The Morgan fingerprint density at radius 1 is 0.951 bits per heavy atom. The van der Waals surface area contributed by atoms with Gasteiger partial charge in [-0.05, 0) is 41.5 Å². The summed E-state index contributed by atoms with van der Waals surface area (Å²) in [5, 5.41) is 2.14. The summed E-state index contributed by atoms with van der Waals surface area (Å²) in [4.78, 5) is 39.8. The first-order valence-corrected chi connectivity index (χ1v) is 11.7. The fourth-order valence-electron chi connectivity index (χ4n) is 3.34. The normalized spacial score (nSPS) is 11.7. The number of nitrogens with one attached hydrogen (secondary N) is 1. The van der Waals surface area contributed by atoms with E-state index >= 15 is 0 Å². The molecule has 2 heterocycles. The molecule has 1 N–H and O–H groups in total. The van der Waals surface area contributed by atoms with Crippen molar-refractivity contribution in [2.24, 2.45) is 0 Å². The molecule has 0 saturated carbocycles. The molecule has 0 fully saturated rings. The second-order valence-electron chi connectivity index (χ2n) is 8.26. The van der Waals surface area contributed by atoms with Gasteiger partial charge < -0.3 is 14.9 Å². The van der Waals surface area contributed by atoms with Crippen molar-refractivity contribution < 1.29 is 40.7 Å². The lowest BCUT2D eigenvalue weighted by Crippen LogP contribution is -2.35. The van der Waals surface area contributed by atoms with Crippen LogP contribution in [-0.2, 0) is 23.9 Å². The van der Waals surface area contributed by atoms with Crippen LogP contribution in [0.5, 0.6) is 11.5 Å². The SMILES string of the molecule is O=C(On1cc(Cc2cncnc2)c(=O)nc1NCc1ccc(Oc2ccc(Cl)c(C(F)(F)F)c2)cc1)C(F)(F)F. The van der Waals surface area contributed by atoms with Crippen LogP contribution in [0.4, 0.5) is 32.3 Å². The molecule has 214 valence electrons. The van der Waals surface area contributed by atoms with Crippen molar-refractivity contribution in [2.75, 3.05) is 5.32 Å². The topological polar surface area (TPSA) is 108 Å². The molecule has 0 atom stereocenters. The van der Waals surface area contributed by atoms with Gasteiger partial charge >= 0.3 is 18.3 Å². The molecular weight excluding hydrogens is 584 g/mol. The van der Waals surface area contributed by atoms with Crippen molar-refractivity contribution in [3.63, 3.8) is 0 Å². The Hall–Kier alpha value is -4.66. The smallest absolute Gasteiger partial charge is 0.457 e. The van der Waals surface area contributed by atoms with Gasteiger partial charge in [0.25, 0.3) is 5.56 Å². The highest BCUT2D eigenvalue weighted by atomic mass is 35.5. The van der Waals surface area contributed by atoms with Crippen LogP contribution in [0, 0.1) is 0 Å². The average molecular weight is 600 g/mol. The number of carbonyl (C=O) groups excluding carboxylic acids is 1. The van der Waals surface area contributed by atoms with E-state index in [9.17, 15) is 35.9 Å². The number of nitrogens with zero attached hydrogens (tertiary/aromatic N) is 4. The van der Waals surface area contributed by atoms with E-state index in [1.54, 1.807) is 0 Å². The minimum atomic E-state index is -5.32. The molecular formula is C25H16ClF6N5O4. The van der Waals surface area contributed by atoms with Gasteiger partial charge in [-0.2, -0.15) is 31.3 Å². The van der Waals surface area contributed by atoms with Crippen LogP contribution < -0.4 is 20.5 Å². The van der Waals surface area contributed by atoms with Crippen molar-refractivity contribution in [2.45, 2.75) is 25.3 Å². The van der Waals surface area contributed by atoms with Crippen molar-refractivity contribution in [1.29, 1.82) is 0 Å². The van der Waals surface area contributed by atoms with Gasteiger partial charge in [-0.25, -0.2) is 14.8 Å². The van der Waals surface area contributed by atoms with Crippen LogP contribution in [0.15, 0.2) is 72.2 Å². The van der Waals surface area contributed by atoms with E-state index in [1.807, 2.05) is 0 Å². The molecule has 0 aliphatic heterocycles. The molecule has 2 aromatic carbocycles. The van der Waals surface area contributed by atoms with E-state index in [0.717, 1.165) is 18.3 Å². The summed E-state index contributed by atoms with van der Waals surface area (Å²) in [6.07, 6.45) is -5.18. The highest BCUT2D eigenvalue weighted by molar-refractivity contribution is 6.31. The van der Waals surface area contributed by atoms with Gasteiger partial charge in [-0.1, -0.05) is 23.7 Å². The molecule has 0 radical (unpaired) electrons. The zero-order valence-electron chi connectivity index (χ0n) is 20.3. The minimum Gasteiger partial charge on any atom is -0.457 e. The standard InChI is InChI=1S/C25H16ClF6N5O4/c26-20-6-5-18(8-19(20)24(27,28)29)40-17-3-1-14(2-4-17)11-35-23-36-21(38)16(7-15-9-33-13-34-10-15)12-37(23)41-22(39)25(30,31)32/h1-6,8-10,12-13H,7,11H2,(H,35,36,38). The molecule has 0 saturated heterocycles. The fourth-order valence-corrected chi connectivity index (χ4v) is 3.57. The Kier molecular flexibility index (Phi) is 8.47. The van der Waals surface area contributed by atoms with Gasteiger partial charge in [0.15, 0.2) is 0 Å². The maximum Gasteiger partial charge on any atom is 0.493 e. The Morgan fingerprint density at radius 2 is 1.61 bits per heavy atom. The Bertz CT molecular complexity index is 1600. The number of hydrogen-bond donors (Lipinski definition) is 1. The van der Waals surface area contributed by atoms with E-state index in [-0.39, 0.29) is 30.0 Å². The van der Waals surface area contributed by atoms with E-state index in [1.165, 1.54) is 49.1 Å². The zero-order valence-corrected chi connectivity index (χ0v) is 21.1. The average Bonchev–Trinajstić information content (AvgIpc) is 2.91. The predicted molar refractivity (Wildman–Crippen MR) is 131 cm³/mol. The van der Waals surface area contributed by atoms with Gasteiger partial charge in [0.05, 0.1) is 16.8 Å². The summed E-state index contributed by atoms with van der Waals surface area (Å²) in [5.41, 5.74) is -1.02. The molecule has 0 unspecified atom stereocenters. The number of rotatable bonds is 8. The molecule has 0 aliphatic carbocycles. The summed E-state index contributed by atoms with van der Waals surface area (Å²) in [7, 11) is 0. The molecule has 0 spiro atoms. The van der Waals surface area contributed by atoms with Gasteiger partial charge in [-0.15, -0.1) is 4.73 Å². The quantitative estimate of drug-likeness (QED) is 0.275. The largest absolute Gasteiger partial charge is 0.493 e. The Morgan fingerprint density at radius 3 is 2.24 bits per heavy atom. The molecule has 4 rings (SSSR count). The van der Waals surface area contributed by atoms with Crippen LogP contribution >= 0.6 is 11.6 Å². The van der Waals surface area contributed by atoms with E-state index in [0.29, 0.717) is 15.9 Å². The summed E-state index contributed by atoms with van der Waals surface area (Å²) in [6.45, 7) is -0.110. The minimum absolute atomic E-state index is 0.0993. The lowest BCUT2D eigenvalue weighted by Gasteiger charge is -2.15. The van der Waals surface area contributed by atoms with Crippen LogP contribution in [0.3, 0.4) is 0 Å². The van der Waals surface area contributed by atoms with Crippen LogP contribution in [0.1, 0.15) is 22.3 Å². The maximum absolute atomic E-state index is 13.1. The Balaban J connectivity index is 1.51. The number of alkyl halides is 6. The van der Waals surface area contributed by atoms with Crippen LogP contribution in [-0.4, -0.2) is 31.8 Å². The number of anilines is 1. The maximum atomic E-state index is 13.1. The number of halogens is 7. The first-order valence-electron chi connectivity index (χ1n) is 11.3. The van der Waals surface area contributed by atoms with Gasteiger partial charge in [0.1, 0.15) is 17.8 Å². The molecule has 16 heteroatoms. The highest BCUT2D eigenvalue weighted by Gasteiger charge is 2.42. The number of benzene rings is 2. The van der Waals surface area contributed by atoms with Crippen molar-refractivity contribution in [3.8, 4) is 11.5 Å². The van der Waals surface area contributed by atoms with Gasteiger partial charge in [-0.3, -0.25) is 4.79 Å². The third-order valence-electron chi connectivity index (χ3n) is 5.24. The van der Waals surface area contributed by atoms with E-state index in [4.69, 9.17) is 16.3 Å². The molecule has 2 aromatic heterocycles. The summed E-state index contributed by atoms with van der Waals surface area (Å²) >= 11 is 5.61. The third kappa shape index (κ3) is 7.72. The zero-order chi connectivity index (χ0) is 29.8. The molecule has 0 aliphatic rings. The highest BCUT2D eigenvalue weighted by Crippen LogP contribution is 2.37. The van der Waals surface area contributed by atoms with E-state index in [2.05, 4.69) is 25.1 Å². The lowest BCUT2D eigenvalue weighted by molar-refractivity contribution is -0.199. The second-order valence-corrected chi connectivity index (χ2v) is 8.67. The number of aromatic nitrogens is 4. The Labute approximate surface area is 231 Å². The molecule has 9 nitrogen and oxygen atoms in total. The molecule has 41 heavy (non-hydrogen) atoms.